The van der Waals surface area contributed by atoms with E-state index in [1.807, 2.05) is 0 Å². The van der Waals surface area contributed by atoms with Crippen molar-refractivity contribution in [3.63, 3.8) is 0 Å². The molecule has 2 nitrogen and oxygen atoms in total. The van der Waals surface area contributed by atoms with Crippen LogP contribution in [0.25, 0.3) is 0 Å². The van der Waals surface area contributed by atoms with Crippen LogP contribution in [0.4, 0.5) is 5.69 Å². The normalized spacial score (nSPS) is 22.2. The Kier molecular flexibility index (Phi) is 2.51. The second-order valence-electron chi connectivity index (χ2n) is 4.66. The van der Waals surface area contributed by atoms with Gasteiger partial charge in [-0.1, -0.05) is 36.9 Å². The van der Waals surface area contributed by atoms with Crippen LogP contribution in [0.3, 0.4) is 0 Å². The van der Waals surface area contributed by atoms with E-state index in [4.69, 9.17) is 5.41 Å². The fourth-order valence-electron chi connectivity index (χ4n) is 2.61. The molecule has 2 heterocycles. The number of nitrogens with zero attached hydrogens (tertiary/aromatic N) is 1. The van der Waals surface area contributed by atoms with Gasteiger partial charge in [0.05, 0.1) is 5.69 Å². The number of aryl methyl sites for hydroxylation is 1. The molecular weight excluding hydrogens is 228 g/mol. The smallest absolute Gasteiger partial charge is 0.165 e. The lowest BCUT2D eigenvalue weighted by molar-refractivity contribution is 0.782. The molecule has 1 saturated heterocycles. The molecule has 0 bridgehead atoms. The molecule has 1 aromatic carbocycles. The molecule has 0 amide bonds. The Hall–Kier alpha value is -1.22. The maximum Gasteiger partial charge on any atom is 0.165 e. The molecule has 2 aliphatic heterocycles. The number of allylic oxidation sites excluding steroid dienone is 1. The number of hydrogen-bond donors (Lipinski definition) is 1. The summed E-state index contributed by atoms with van der Waals surface area (Å²) in [7, 11) is 0. The van der Waals surface area contributed by atoms with Crippen molar-refractivity contribution in [1.29, 1.82) is 5.41 Å². The molecule has 0 spiro atoms. The number of anilines is 1. The second kappa shape index (κ2) is 3.91. The summed E-state index contributed by atoms with van der Waals surface area (Å²) in [6.07, 6.45) is 3.47. The van der Waals surface area contributed by atoms with Gasteiger partial charge in [-0.2, -0.15) is 0 Å². The molecule has 0 aliphatic carbocycles. The lowest BCUT2D eigenvalue weighted by Crippen LogP contribution is -2.26. The average Bonchev–Trinajstić information content (AvgIpc) is 2.70. The van der Waals surface area contributed by atoms with Gasteiger partial charge in [-0.3, -0.25) is 10.3 Å². The fourth-order valence-corrected chi connectivity index (χ4v) is 3.46. The maximum absolute atomic E-state index is 8.05. The van der Waals surface area contributed by atoms with E-state index in [0.717, 1.165) is 12.2 Å². The van der Waals surface area contributed by atoms with Crippen molar-refractivity contribution in [2.24, 2.45) is 0 Å². The van der Waals surface area contributed by atoms with Crippen LogP contribution in [0.2, 0.25) is 0 Å². The number of benzene rings is 1. The van der Waals surface area contributed by atoms with Crippen LogP contribution in [0.5, 0.6) is 0 Å². The Morgan fingerprint density at radius 1 is 1.47 bits per heavy atom. The zero-order chi connectivity index (χ0) is 12.0. The van der Waals surface area contributed by atoms with E-state index in [0.29, 0.717) is 11.1 Å². The Labute approximate surface area is 106 Å². The first-order valence-electron chi connectivity index (χ1n) is 6.03. The second-order valence-corrected chi connectivity index (χ2v) is 5.63. The van der Waals surface area contributed by atoms with Crippen LogP contribution in [-0.4, -0.2) is 10.9 Å². The van der Waals surface area contributed by atoms with Gasteiger partial charge in [-0.15, -0.1) is 0 Å². The van der Waals surface area contributed by atoms with Crippen molar-refractivity contribution in [1.82, 2.24) is 0 Å². The first-order chi connectivity index (χ1) is 8.20. The summed E-state index contributed by atoms with van der Waals surface area (Å²) >= 11 is 1.63. The van der Waals surface area contributed by atoms with Crippen LogP contribution in [0.1, 0.15) is 30.4 Å². The van der Waals surface area contributed by atoms with E-state index < -0.39 is 0 Å². The van der Waals surface area contributed by atoms with Gasteiger partial charge in [0.25, 0.3) is 0 Å². The number of amidine groups is 1. The predicted molar refractivity (Wildman–Crippen MR) is 75.0 cm³/mol. The molecule has 1 unspecified atom stereocenters. The summed E-state index contributed by atoms with van der Waals surface area (Å²) in [5, 5.41) is 8.71. The zero-order valence-electron chi connectivity index (χ0n) is 10.2. The van der Waals surface area contributed by atoms with E-state index in [-0.39, 0.29) is 0 Å². The van der Waals surface area contributed by atoms with Crippen molar-refractivity contribution in [2.75, 3.05) is 10.7 Å². The standard InChI is InChI=1S/C14H16N2S/c1-3-10-7-11-8-17-14(15)16(11)13-6-9(2)4-5-12(10)13/h4-7,10,15H,3,8H2,1-2H3. The van der Waals surface area contributed by atoms with Gasteiger partial charge in [0, 0.05) is 17.4 Å². The summed E-state index contributed by atoms with van der Waals surface area (Å²) in [6.45, 7) is 4.35. The van der Waals surface area contributed by atoms with Crippen LogP contribution < -0.4 is 4.90 Å². The highest BCUT2D eigenvalue weighted by Gasteiger charge is 2.32. The van der Waals surface area contributed by atoms with Crippen molar-refractivity contribution in [3.05, 3.63) is 41.1 Å². The molecule has 0 saturated carbocycles. The summed E-state index contributed by atoms with van der Waals surface area (Å²) in [6, 6.07) is 6.61. The summed E-state index contributed by atoms with van der Waals surface area (Å²) in [4.78, 5) is 2.11. The van der Waals surface area contributed by atoms with Gasteiger partial charge in [0.2, 0.25) is 0 Å². The third-order valence-electron chi connectivity index (χ3n) is 3.51. The Morgan fingerprint density at radius 3 is 3.06 bits per heavy atom. The fraction of sp³-hybridized carbons (Fsp3) is 0.357. The third-order valence-corrected chi connectivity index (χ3v) is 4.40. The van der Waals surface area contributed by atoms with E-state index >= 15 is 0 Å². The largest absolute Gasteiger partial charge is 0.293 e. The Balaban J connectivity index is 2.19. The summed E-state index contributed by atoms with van der Waals surface area (Å²) in [5.74, 6) is 1.46. The van der Waals surface area contributed by atoms with E-state index in [1.165, 1.54) is 22.5 Å². The SMILES string of the molecule is CCC1C=C2CSC(=N)N2c2cc(C)ccc21. The lowest BCUT2D eigenvalue weighted by Gasteiger charge is -2.30. The molecule has 1 fully saturated rings. The van der Waals surface area contributed by atoms with Gasteiger partial charge in [0.15, 0.2) is 5.17 Å². The van der Waals surface area contributed by atoms with Gasteiger partial charge in [0.1, 0.15) is 0 Å². The molecule has 17 heavy (non-hydrogen) atoms. The van der Waals surface area contributed by atoms with Gasteiger partial charge < -0.3 is 0 Å². The molecule has 88 valence electrons. The van der Waals surface area contributed by atoms with Crippen LogP contribution in [0, 0.1) is 12.3 Å². The van der Waals surface area contributed by atoms with Gasteiger partial charge in [-0.05, 0) is 30.5 Å². The Bertz CT molecular complexity index is 519. The van der Waals surface area contributed by atoms with E-state index in [1.54, 1.807) is 11.8 Å². The van der Waals surface area contributed by atoms with Crippen molar-refractivity contribution in [3.8, 4) is 0 Å². The van der Waals surface area contributed by atoms with Gasteiger partial charge >= 0.3 is 0 Å². The first kappa shape index (κ1) is 10.9. The van der Waals surface area contributed by atoms with Crippen molar-refractivity contribution in [2.45, 2.75) is 26.2 Å². The molecule has 3 heteroatoms. The average molecular weight is 244 g/mol. The molecule has 2 aliphatic rings. The van der Waals surface area contributed by atoms with Crippen LogP contribution in [-0.2, 0) is 0 Å². The minimum absolute atomic E-state index is 0.517. The van der Waals surface area contributed by atoms with Crippen LogP contribution in [0.15, 0.2) is 30.0 Å². The highest BCUT2D eigenvalue weighted by atomic mass is 32.2. The molecule has 0 radical (unpaired) electrons. The van der Waals surface area contributed by atoms with E-state index in [9.17, 15) is 0 Å². The van der Waals surface area contributed by atoms with E-state index in [2.05, 4.69) is 43.0 Å². The topological polar surface area (TPSA) is 27.1 Å². The Morgan fingerprint density at radius 2 is 2.29 bits per heavy atom. The molecule has 3 rings (SSSR count). The summed E-state index contributed by atoms with van der Waals surface area (Å²) in [5.41, 5.74) is 5.16. The van der Waals surface area contributed by atoms with Crippen molar-refractivity contribution >= 4 is 22.6 Å². The maximum atomic E-state index is 8.05. The molecule has 1 aromatic rings. The zero-order valence-corrected chi connectivity index (χ0v) is 11.0. The van der Waals surface area contributed by atoms with Gasteiger partial charge in [-0.25, -0.2) is 0 Å². The monoisotopic (exact) mass is 244 g/mol. The summed E-state index contributed by atoms with van der Waals surface area (Å²) < 4.78 is 0. The van der Waals surface area contributed by atoms with Crippen LogP contribution >= 0.6 is 11.8 Å². The minimum Gasteiger partial charge on any atom is -0.293 e. The lowest BCUT2D eigenvalue weighted by atomic mass is 9.89. The van der Waals surface area contributed by atoms with Crippen molar-refractivity contribution < 1.29 is 0 Å². The minimum atomic E-state index is 0.517. The predicted octanol–water partition coefficient (Wildman–Crippen LogP) is 3.87. The quantitative estimate of drug-likeness (QED) is 0.811. The number of nitrogens with one attached hydrogen (secondary N) is 1. The molecule has 1 N–H and O–H groups in total. The number of rotatable bonds is 1. The number of fused-ring (bicyclic) bond motifs is 3. The number of thioether (sulfide) groups is 1. The molecule has 1 atom stereocenters. The third kappa shape index (κ3) is 1.61. The molecular formula is C14H16N2S. The highest BCUT2D eigenvalue weighted by molar-refractivity contribution is 8.14. The molecule has 0 aromatic heterocycles. The number of hydrogen-bond acceptors (Lipinski definition) is 2. The first-order valence-corrected chi connectivity index (χ1v) is 7.02. The highest BCUT2D eigenvalue weighted by Crippen LogP contribution is 2.43.